The van der Waals surface area contributed by atoms with Gasteiger partial charge in [0.25, 0.3) is 9.05 Å². The summed E-state index contributed by atoms with van der Waals surface area (Å²) in [7, 11) is -3.83. The van der Waals surface area contributed by atoms with Crippen LogP contribution < -0.4 is 59.1 Å². The predicted octanol–water partition coefficient (Wildman–Crippen LogP) is -5.98. The summed E-state index contributed by atoms with van der Waals surface area (Å²) in [4.78, 5) is 0. The van der Waals surface area contributed by atoms with Gasteiger partial charge < -0.3 is 2.85 Å². The van der Waals surface area contributed by atoms with E-state index in [2.05, 4.69) is 11.2 Å². The summed E-state index contributed by atoms with van der Waals surface area (Å²) in [6.45, 7) is 0. The van der Waals surface area contributed by atoms with Gasteiger partial charge in [0, 0.05) is 11.2 Å². The Hall–Kier alpha value is 2.64. The summed E-state index contributed by atoms with van der Waals surface area (Å²) in [5, 5.41) is 0. The Kier molecular flexibility index (Phi) is 27.0. The molecule has 0 aliphatic rings. The van der Waals surface area contributed by atoms with Gasteiger partial charge in [0.05, 0.1) is 0 Å². The third kappa shape index (κ3) is 72.4. The predicted molar refractivity (Wildman–Crippen MR) is 33.4 cm³/mol. The molecule has 0 rings (SSSR count). The van der Waals surface area contributed by atoms with Gasteiger partial charge >= 0.3 is 59.1 Å². The molecule has 0 aromatic rings. The fraction of sp³-hybridized carbons (Fsp3) is 0. The molecule has 0 spiro atoms. The third-order valence-electron chi connectivity index (χ3n) is 0. The van der Waals surface area contributed by atoms with Crippen molar-refractivity contribution in [1.29, 1.82) is 0 Å². The molecule has 0 amide bonds. The maximum atomic E-state index is 9.11. The molecular weight excluding hydrogens is 190 g/mol. The third-order valence-corrected chi connectivity index (χ3v) is 0. The van der Waals surface area contributed by atoms with E-state index in [-0.39, 0.29) is 75.5 Å². The number of hydrogen-bond donors (Lipinski definition) is 2. The number of hydrogen-bond acceptors (Lipinski definition) is 2. The zero-order valence-corrected chi connectivity index (χ0v) is 11.3. The van der Waals surface area contributed by atoms with Crippen molar-refractivity contribution in [3.05, 3.63) is 0 Å². The number of rotatable bonds is 0. The van der Waals surface area contributed by atoms with Crippen molar-refractivity contribution >= 4 is 33.7 Å². The van der Waals surface area contributed by atoms with E-state index >= 15 is 0 Å². The molecular formula is H6Na2O3S3. The van der Waals surface area contributed by atoms with Crippen molar-refractivity contribution in [2.24, 2.45) is 0 Å². The summed E-state index contributed by atoms with van der Waals surface area (Å²) in [6.07, 6.45) is 0. The molecule has 0 aliphatic heterocycles. The van der Waals surface area contributed by atoms with E-state index in [0.717, 1.165) is 0 Å². The summed E-state index contributed by atoms with van der Waals surface area (Å²) >= 11 is 3.47. The first-order valence-electron chi connectivity index (χ1n) is 0.698. The van der Waals surface area contributed by atoms with E-state index in [9.17, 15) is 0 Å². The van der Waals surface area contributed by atoms with Crippen LogP contribution in [0.4, 0.5) is 0 Å². The molecule has 0 aromatic heterocycles. The fourth-order valence-electron chi connectivity index (χ4n) is 0. The van der Waals surface area contributed by atoms with Gasteiger partial charge in [-0.25, -0.2) is 0 Å². The molecule has 0 saturated heterocycles. The molecule has 0 aliphatic carbocycles. The maximum Gasteiger partial charge on any atom is 1.00 e. The van der Waals surface area contributed by atoms with E-state index in [1.165, 1.54) is 0 Å². The first kappa shape index (κ1) is 22.4. The second kappa shape index (κ2) is 9.64. The SMILES string of the molecule is O=S(O)(O)=S.S.[H-].[H-].[Na+].[Na+]. The minimum absolute atomic E-state index is 0. The van der Waals surface area contributed by atoms with E-state index in [0.29, 0.717) is 0 Å². The van der Waals surface area contributed by atoms with Crippen LogP contribution in [0, 0.1) is 0 Å². The van der Waals surface area contributed by atoms with E-state index in [4.69, 9.17) is 13.3 Å². The average molecular weight is 196 g/mol. The van der Waals surface area contributed by atoms with Crippen LogP contribution >= 0.6 is 13.5 Å². The van der Waals surface area contributed by atoms with Crippen LogP contribution in [-0.4, -0.2) is 13.3 Å². The van der Waals surface area contributed by atoms with Crippen LogP contribution in [-0.2, 0) is 20.2 Å². The van der Waals surface area contributed by atoms with Crippen LogP contribution in [0.15, 0.2) is 0 Å². The van der Waals surface area contributed by atoms with Gasteiger partial charge in [-0.3, -0.25) is 9.11 Å². The van der Waals surface area contributed by atoms with Crippen LogP contribution in [0.5, 0.6) is 0 Å². The fourth-order valence-corrected chi connectivity index (χ4v) is 0. The van der Waals surface area contributed by atoms with Crippen molar-refractivity contribution in [2.75, 3.05) is 0 Å². The monoisotopic (exact) mass is 196 g/mol. The Balaban J connectivity index is -0.00000000800. The molecule has 3 nitrogen and oxygen atoms in total. The molecule has 8 heteroatoms. The van der Waals surface area contributed by atoms with Crippen LogP contribution in [0.1, 0.15) is 2.85 Å². The Morgan fingerprint density at radius 1 is 1.38 bits per heavy atom. The second-order valence-electron chi connectivity index (χ2n) is 0.448. The molecule has 0 saturated carbocycles. The van der Waals surface area contributed by atoms with Crippen molar-refractivity contribution in [3.63, 3.8) is 0 Å². The van der Waals surface area contributed by atoms with E-state index in [1.807, 2.05) is 0 Å². The first-order valence-corrected chi connectivity index (χ1v) is 3.10. The Labute approximate surface area is 107 Å². The topological polar surface area (TPSA) is 57.5 Å². The van der Waals surface area contributed by atoms with Crippen LogP contribution in [0.3, 0.4) is 0 Å². The van der Waals surface area contributed by atoms with Crippen molar-refractivity contribution < 1.29 is 75.3 Å². The minimum Gasteiger partial charge on any atom is -1.00 e. The van der Waals surface area contributed by atoms with Gasteiger partial charge in [0.2, 0.25) is 0 Å². The molecule has 8 heavy (non-hydrogen) atoms. The summed E-state index contributed by atoms with van der Waals surface area (Å²) in [5.41, 5.74) is 0. The molecule has 2 N–H and O–H groups in total. The molecule has 0 radical (unpaired) electrons. The molecule has 0 aromatic carbocycles. The smallest absolute Gasteiger partial charge is 1.00 e. The van der Waals surface area contributed by atoms with Gasteiger partial charge in [-0.1, -0.05) is 0 Å². The standard InChI is InChI=1S/2Na.H2O3S2.H2S.2H/c;;1-5(2,3)4;;;/h;;(H2,1,2,3,4);1H2;;/q2*+1;;;2*-1. The molecule has 0 atom stereocenters. The summed E-state index contributed by atoms with van der Waals surface area (Å²) in [6, 6.07) is 0. The molecule has 0 unspecified atom stereocenters. The Morgan fingerprint density at radius 3 is 1.38 bits per heavy atom. The minimum atomic E-state index is -3.83. The largest absolute Gasteiger partial charge is 1.00 e. The van der Waals surface area contributed by atoms with E-state index < -0.39 is 9.05 Å². The Morgan fingerprint density at radius 2 is 1.38 bits per heavy atom. The quantitative estimate of drug-likeness (QED) is 0.379. The first-order chi connectivity index (χ1) is 2.00. The van der Waals surface area contributed by atoms with Crippen LogP contribution in [0.2, 0.25) is 0 Å². The maximum absolute atomic E-state index is 9.11. The average Bonchev–Trinajstić information content (AvgIpc) is 0.722. The molecule has 0 heterocycles. The van der Waals surface area contributed by atoms with Crippen molar-refractivity contribution in [1.82, 2.24) is 0 Å². The molecule has 0 fully saturated rings. The van der Waals surface area contributed by atoms with Crippen molar-refractivity contribution in [3.8, 4) is 0 Å². The second-order valence-corrected chi connectivity index (χ2v) is 2.65. The van der Waals surface area contributed by atoms with E-state index in [1.54, 1.807) is 0 Å². The van der Waals surface area contributed by atoms with Crippen molar-refractivity contribution in [2.45, 2.75) is 0 Å². The Bertz CT molecular complexity index is 103. The zero-order chi connectivity index (χ0) is 4.50. The normalized spacial score (nSPS) is 7.25. The van der Waals surface area contributed by atoms with Gasteiger partial charge in [-0.2, -0.15) is 17.7 Å². The van der Waals surface area contributed by atoms with Gasteiger partial charge in [0.1, 0.15) is 0 Å². The van der Waals surface area contributed by atoms with Gasteiger partial charge in [-0.05, 0) is 0 Å². The summed E-state index contributed by atoms with van der Waals surface area (Å²) in [5.74, 6) is 0. The van der Waals surface area contributed by atoms with Crippen LogP contribution in [0.25, 0.3) is 0 Å². The van der Waals surface area contributed by atoms with Gasteiger partial charge in [-0.15, -0.1) is 0 Å². The van der Waals surface area contributed by atoms with Gasteiger partial charge in [0.15, 0.2) is 0 Å². The molecule has 0 bridgehead atoms. The summed E-state index contributed by atoms with van der Waals surface area (Å²) < 4.78 is 24.0. The zero-order valence-electron chi connectivity index (χ0n) is 6.62. The molecule has 44 valence electrons.